The Bertz CT molecular complexity index is 4600. The predicted octanol–water partition coefficient (Wildman–Crippen LogP) is 17.5. The number of hydrogen-bond acceptors (Lipinski definition) is 6. The van der Waals surface area contributed by atoms with E-state index in [-0.39, 0.29) is 0 Å². The highest BCUT2D eigenvalue weighted by molar-refractivity contribution is 7.25. The molecule has 0 atom stereocenters. The number of hydrogen-bond donors (Lipinski definition) is 0. The molecule has 15 aromatic rings. The third-order valence-electron chi connectivity index (χ3n) is 13.9. The van der Waals surface area contributed by atoms with Crippen LogP contribution in [0.3, 0.4) is 0 Å². The van der Waals surface area contributed by atoms with Gasteiger partial charge < -0.3 is 13.4 Å². The summed E-state index contributed by atoms with van der Waals surface area (Å²) in [6, 6.07) is 76.8. The maximum absolute atomic E-state index is 6.61. The molecule has 15 rings (SSSR count). The van der Waals surface area contributed by atoms with E-state index in [0.29, 0.717) is 17.5 Å². The third-order valence-corrected chi connectivity index (χ3v) is 15.0. The largest absolute Gasteiger partial charge is 0.456 e. The van der Waals surface area contributed by atoms with Gasteiger partial charge in [0.05, 0.1) is 11.0 Å². The summed E-state index contributed by atoms with van der Waals surface area (Å²) < 4.78 is 18.0. The zero-order chi connectivity index (χ0) is 45.9. The standard InChI is InChI=1S/C63H36N4O2S/c1-3-13-37(14-4-1)61-64-62(41-25-29-46-45-18-8-10-24-57(45)70-58(46)36-41)66-63(65-61)47-20-12-23-56-60(47)50-35-40(28-32-54(50)69-56)43-19-11-22-55-59(43)49-34-39(27-31-53(49)68-55)38-26-30-52-48(33-38)44-17-7-9-21-51(44)67(52)42-15-5-2-6-16-42/h1-36H. The minimum atomic E-state index is 0.581. The predicted molar refractivity (Wildman–Crippen MR) is 289 cm³/mol. The number of benzene rings is 10. The van der Waals surface area contributed by atoms with Crippen LogP contribution in [-0.4, -0.2) is 19.5 Å². The van der Waals surface area contributed by atoms with Crippen molar-refractivity contribution in [2.45, 2.75) is 0 Å². The number of nitrogens with zero attached hydrogens (tertiary/aromatic N) is 4. The minimum Gasteiger partial charge on any atom is -0.456 e. The Morgan fingerprint density at radius 3 is 1.66 bits per heavy atom. The first kappa shape index (κ1) is 38.9. The van der Waals surface area contributed by atoms with Gasteiger partial charge in [-0.15, -0.1) is 11.3 Å². The first-order valence-corrected chi connectivity index (χ1v) is 24.2. The van der Waals surface area contributed by atoms with Crippen molar-refractivity contribution in [2.75, 3.05) is 0 Å². The van der Waals surface area contributed by atoms with E-state index < -0.39 is 0 Å². The van der Waals surface area contributed by atoms with Crippen LogP contribution in [0.15, 0.2) is 227 Å². The number of furan rings is 2. The molecule has 0 spiro atoms. The van der Waals surface area contributed by atoms with E-state index in [0.717, 1.165) is 88.5 Å². The zero-order valence-electron chi connectivity index (χ0n) is 37.3. The van der Waals surface area contributed by atoms with Crippen LogP contribution >= 0.6 is 11.3 Å². The average molecular weight is 913 g/mol. The van der Waals surface area contributed by atoms with E-state index in [1.54, 1.807) is 11.3 Å². The summed E-state index contributed by atoms with van der Waals surface area (Å²) in [7, 11) is 0. The van der Waals surface area contributed by atoms with Crippen LogP contribution in [0.1, 0.15) is 0 Å². The van der Waals surface area contributed by atoms with Crippen LogP contribution in [0, 0.1) is 0 Å². The Morgan fingerprint density at radius 2 is 0.871 bits per heavy atom. The zero-order valence-corrected chi connectivity index (χ0v) is 38.1. The molecule has 0 saturated heterocycles. The summed E-state index contributed by atoms with van der Waals surface area (Å²) in [4.78, 5) is 15.5. The van der Waals surface area contributed by atoms with E-state index in [9.17, 15) is 0 Å². The number of aromatic nitrogens is 4. The van der Waals surface area contributed by atoms with Crippen LogP contribution < -0.4 is 0 Å². The summed E-state index contributed by atoms with van der Waals surface area (Å²) in [5.41, 5.74) is 13.9. The lowest BCUT2D eigenvalue weighted by Crippen LogP contribution is -2.00. The van der Waals surface area contributed by atoms with E-state index >= 15 is 0 Å². The van der Waals surface area contributed by atoms with E-state index in [2.05, 4.69) is 180 Å². The molecule has 0 aliphatic carbocycles. The molecule has 6 nitrogen and oxygen atoms in total. The van der Waals surface area contributed by atoms with Crippen molar-refractivity contribution in [1.29, 1.82) is 0 Å². The molecule has 0 saturated carbocycles. The molecule has 70 heavy (non-hydrogen) atoms. The number of rotatable bonds is 6. The maximum Gasteiger partial charge on any atom is 0.164 e. The van der Waals surface area contributed by atoms with Crippen LogP contribution in [0.2, 0.25) is 0 Å². The Kier molecular flexibility index (Phi) is 8.43. The molecule has 0 fully saturated rings. The third kappa shape index (κ3) is 6.02. The molecule has 0 N–H and O–H groups in total. The molecule has 10 aromatic carbocycles. The van der Waals surface area contributed by atoms with Gasteiger partial charge in [0, 0.05) is 74.9 Å². The fourth-order valence-corrected chi connectivity index (χ4v) is 11.8. The first-order chi connectivity index (χ1) is 34.7. The number of para-hydroxylation sites is 2. The molecular formula is C63H36N4O2S. The van der Waals surface area contributed by atoms with Crippen LogP contribution in [0.4, 0.5) is 0 Å². The van der Waals surface area contributed by atoms with Gasteiger partial charge in [-0.2, -0.15) is 0 Å². The Labute approximate surface area is 404 Å². The highest BCUT2D eigenvalue weighted by Gasteiger charge is 2.21. The van der Waals surface area contributed by atoms with E-state index in [4.69, 9.17) is 23.8 Å². The van der Waals surface area contributed by atoms with Gasteiger partial charge in [-0.25, -0.2) is 15.0 Å². The molecule has 0 aliphatic rings. The van der Waals surface area contributed by atoms with Crippen molar-refractivity contribution in [1.82, 2.24) is 19.5 Å². The molecule has 0 radical (unpaired) electrons. The number of thiophene rings is 1. The van der Waals surface area contributed by atoms with Crippen LogP contribution in [0.25, 0.3) is 148 Å². The molecular weight excluding hydrogens is 877 g/mol. The fourth-order valence-electron chi connectivity index (χ4n) is 10.6. The molecule has 0 unspecified atom stereocenters. The van der Waals surface area contributed by atoms with E-state index in [1.807, 2.05) is 42.5 Å². The monoisotopic (exact) mass is 912 g/mol. The minimum absolute atomic E-state index is 0.581. The maximum atomic E-state index is 6.61. The lowest BCUT2D eigenvalue weighted by Gasteiger charge is -2.10. The van der Waals surface area contributed by atoms with Crippen LogP contribution in [0.5, 0.6) is 0 Å². The highest BCUT2D eigenvalue weighted by atomic mass is 32.1. The summed E-state index contributed by atoms with van der Waals surface area (Å²) in [6.45, 7) is 0. The quantitative estimate of drug-likeness (QED) is 0.166. The topological polar surface area (TPSA) is 69.9 Å². The average Bonchev–Trinajstić information content (AvgIpc) is 4.19. The molecule has 326 valence electrons. The van der Waals surface area contributed by atoms with Gasteiger partial charge in [0.2, 0.25) is 0 Å². The SMILES string of the molecule is c1ccc(-c2nc(-c3ccc4c(c3)sc3ccccc34)nc(-c3cccc4oc5ccc(-c6cccc7oc8ccc(-c9ccc%10c(c9)c9ccccc9n%10-c9ccccc9)cc8c67)cc5c34)n2)cc1. The van der Waals surface area contributed by atoms with Crippen LogP contribution in [-0.2, 0) is 0 Å². The van der Waals surface area contributed by atoms with Gasteiger partial charge in [-0.1, -0.05) is 140 Å². The molecule has 5 heterocycles. The molecule has 0 bridgehead atoms. The molecule has 7 heteroatoms. The van der Waals surface area contributed by atoms with Crippen molar-refractivity contribution in [3.8, 4) is 62.1 Å². The highest BCUT2D eigenvalue weighted by Crippen LogP contribution is 2.44. The van der Waals surface area contributed by atoms with Crippen molar-refractivity contribution in [3.05, 3.63) is 218 Å². The normalized spacial score (nSPS) is 12.0. The van der Waals surface area contributed by atoms with Crippen molar-refractivity contribution >= 4 is 97.2 Å². The van der Waals surface area contributed by atoms with Gasteiger partial charge in [0.25, 0.3) is 0 Å². The second kappa shape index (κ2) is 15.2. The van der Waals surface area contributed by atoms with Gasteiger partial charge >= 0.3 is 0 Å². The van der Waals surface area contributed by atoms with Gasteiger partial charge in [-0.3, -0.25) is 0 Å². The summed E-state index contributed by atoms with van der Waals surface area (Å²) in [6.07, 6.45) is 0. The van der Waals surface area contributed by atoms with Crippen molar-refractivity contribution < 1.29 is 8.83 Å². The smallest absolute Gasteiger partial charge is 0.164 e. The van der Waals surface area contributed by atoms with Gasteiger partial charge in [-0.05, 0) is 101 Å². The first-order valence-electron chi connectivity index (χ1n) is 23.4. The summed E-state index contributed by atoms with van der Waals surface area (Å²) >= 11 is 1.79. The van der Waals surface area contributed by atoms with Gasteiger partial charge in [0.1, 0.15) is 22.3 Å². The molecule has 0 amide bonds. The lowest BCUT2D eigenvalue weighted by atomic mass is 9.95. The number of fused-ring (bicyclic) bond motifs is 12. The molecule has 0 aliphatic heterocycles. The van der Waals surface area contributed by atoms with Gasteiger partial charge in [0.15, 0.2) is 17.5 Å². The Balaban J connectivity index is 0.876. The Hall–Kier alpha value is -9.17. The summed E-state index contributed by atoms with van der Waals surface area (Å²) in [5.74, 6) is 1.81. The second-order valence-corrected chi connectivity index (χ2v) is 19.0. The summed E-state index contributed by atoms with van der Waals surface area (Å²) in [5, 5.41) is 8.99. The van der Waals surface area contributed by atoms with Crippen molar-refractivity contribution in [3.63, 3.8) is 0 Å². The van der Waals surface area contributed by atoms with Crippen molar-refractivity contribution in [2.24, 2.45) is 0 Å². The molecule has 5 aromatic heterocycles. The van der Waals surface area contributed by atoms with E-state index in [1.165, 1.54) is 42.0 Å². The Morgan fingerprint density at radius 1 is 0.314 bits per heavy atom. The lowest BCUT2D eigenvalue weighted by molar-refractivity contribution is 0.669. The fraction of sp³-hybridized carbons (Fsp3) is 0. The second-order valence-electron chi connectivity index (χ2n) is 17.9.